The number of nitrogens with two attached hydrogens (primary N) is 2. The lowest BCUT2D eigenvalue weighted by Gasteiger charge is -2.12. The second-order valence-electron chi connectivity index (χ2n) is 5.75. The highest BCUT2D eigenvalue weighted by Gasteiger charge is 2.14. The monoisotopic (exact) mass is 367 g/mol. The van der Waals surface area contributed by atoms with Gasteiger partial charge in [-0.1, -0.05) is 41.0 Å². The molecule has 1 heterocycles. The van der Waals surface area contributed by atoms with Crippen LogP contribution >= 0.6 is 11.6 Å². The summed E-state index contributed by atoms with van der Waals surface area (Å²) in [5.74, 6) is 0.808. The third-order valence-electron chi connectivity index (χ3n) is 3.95. The molecule has 0 saturated heterocycles. The van der Waals surface area contributed by atoms with Crippen LogP contribution in [0.15, 0.2) is 59.8 Å². The minimum absolute atomic E-state index is 0.256. The molecule has 0 fully saturated rings. The van der Waals surface area contributed by atoms with Crippen LogP contribution in [-0.2, 0) is 0 Å². The van der Waals surface area contributed by atoms with Crippen LogP contribution in [0.2, 0.25) is 5.02 Å². The van der Waals surface area contributed by atoms with Crippen molar-refractivity contribution in [3.8, 4) is 0 Å². The molecule has 0 aliphatic rings. The highest BCUT2D eigenvalue weighted by atomic mass is 35.5. The van der Waals surface area contributed by atoms with Gasteiger partial charge in [0.1, 0.15) is 17.3 Å². The van der Waals surface area contributed by atoms with Gasteiger partial charge in [-0.2, -0.15) is 0 Å². The molecule has 6 nitrogen and oxygen atoms in total. The number of benzene rings is 2. The molecule has 0 amide bonds. The number of aryl methyl sites for hydroxylation is 1. The summed E-state index contributed by atoms with van der Waals surface area (Å²) in [6, 6.07) is 16.4. The molecule has 0 spiro atoms. The summed E-state index contributed by atoms with van der Waals surface area (Å²) < 4.78 is 0. The number of aromatic nitrogens is 1. The molecule has 2 aromatic carbocycles. The Labute approximate surface area is 156 Å². The van der Waals surface area contributed by atoms with Crippen LogP contribution in [-0.4, -0.2) is 15.9 Å². The lowest BCUT2D eigenvalue weighted by Crippen LogP contribution is -2.07. The van der Waals surface area contributed by atoms with Gasteiger partial charge in [0.2, 0.25) is 0 Å². The maximum absolute atomic E-state index is 9.52. The molecule has 0 radical (unpaired) electrons. The Hall–Kier alpha value is -3.25. The summed E-state index contributed by atoms with van der Waals surface area (Å²) >= 11 is 6.43. The van der Waals surface area contributed by atoms with Crippen molar-refractivity contribution >= 4 is 40.3 Å². The first-order valence-electron chi connectivity index (χ1n) is 7.86. The third-order valence-corrected chi connectivity index (χ3v) is 4.27. The number of anilines is 4. The molecule has 3 rings (SSSR count). The minimum atomic E-state index is 0.256. The van der Waals surface area contributed by atoms with Crippen molar-refractivity contribution in [3.05, 3.63) is 76.3 Å². The van der Waals surface area contributed by atoms with E-state index in [4.69, 9.17) is 23.1 Å². The highest BCUT2D eigenvalue weighted by Crippen LogP contribution is 2.27. The van der Waals surface area contributed by atoms with Crippen molar-refractivity contribution in [1.82, 2.24) is 4.98 Å². The van der Waals surface area contributed by atoms with E-state index in [1.165, 1.54) is 0 Å². The van der Waals surface area contributed by atoms with E-state index in [9.17, 15) is 5.21 Å². The van der Waals surface area contributed by atoms with Crippen molar-refractivity contribution in [1.29, 1.82) is 0 Å². The number of rotatable bonds is 4. The fourth-order valence-corrected chi connectivity index (χ4v) is 2.85. The van der Waals surface area contributed by atoms with E-state index >= 15 is 0 Å². The van der Waals surface area contributed by atoms with Crippen molar-refractivity contribution in [3.63, 3.8) is 0 Å². The highest BCUT2D eigenvalue weighted by molar-refractivity contribution is 6.35. The minimum Gasteiger partial charge on any atom is -0.410 e. The quantitative estimate of drug-likeness (QED) is 0.314. The molecule has 1 aromatic heterocycles. The van der Waals surface area contributed by atoms with Gasteiger partial charge in [0.05, 0.1) is 10.7 Å². The molecule has 0 aliphatic heterocycles. The molecule has 0 bridgehead atoms. The summed E-state index contributed by atoms with van der Waals surface area (Å²) in [6.45, 7) is 1.95. The Bertz CT molecular complexity index is 987. The van der Waals surface area contributed by atoms with Gasteiger partial charge >= 0.3 is 0 Å². The van der Waals surface area contributed by atoms with Crippen LogP contribution in [0, 0.1) is 6.92 Å². The van der Waals surface area contributed by atoms with E-state index in [0.717, 1.165) is 16.8 Å². The molecule has 26 heavy (non-hydrogen) atoms. The number of hydrogen-bond donors (Lipinski definition) is 4. The van der Waals surface area contributed by atoms with Crippen LogP contribution in [0.25, 0.3) is 0 Å². The number of pyridine rings is 1. The number of nitrogen functional groups attached to an aromatic ring is 2. The molecule has 7 heteroatoms. The average molecular weight is 368 g/mol. The number of nitrogens with one attached hydrogen (secondary N) is 1. The lowest BCUT2D eigenvalue weighted by molar-refractivity contribution is 0.319. The molecule has 0 unspecified atom stereocenters. The van der Waals surface area contributed by atoms with Gasteiger partial charge in [0.15, 0.2) is 0 Å². The predicted octanol–water partition coefficient (Wildman–Crippen LogP) is 4.18. The first kappa shape index (κ1) is 17.6. The maximum Gasteiger partial charge on any atom is 0.149 e. The zero-order valence-electron chi connectivity index (χ0n) is 14.1. The van der Waals surface area contributed by atoms with Crippen LogP contribution in [0.3, 0.4) is 0 Å². The average Bonchev–Trinajstić information content (AvgIpc) is 2.62. The molecule has 3 aromatic rings. The van der Waals surface area contributed by atoms with E-state index < -0.39 is 0 Å². The first-order chi connectivity index (χ1) is 12.5. The van der Waals surface area contributed by atoms with Gasteiger partial charge < -0.3 is 22.0 Å². The van der Waals surface area contributed by atoms with E-state index in [1.54, 1.807) is 24.3 Å². The van der Waals surface area contributed by atoms with Gasteiger partial charge in [-0.15, -0.1) is 0 Å². The normalized spacial score (nSPS) is 11.4. The van der Waals surface area contributed by atoms with Gasteiger partial charge in [-0.3, -0.25) is 0 Å². The van der Waals surface area contributed by atoms with Crippen LogP contribution < -0.4 is 16.8 Å². The Morgan fingerprint density at radius 1 is 1.08 bits per heavy atom. The smallest absolute Gasteiger partial charge is 0.149 e. The molecule has 6 N–H and O–H groups in total. The van der Waals surface area contributed by atoms with Gasteiger partial charge in [0, 0.05) is 16.8 Å². The summed E-state index contributed by atoms with van der Waals surface area (Å²) in [5.41, 5.74) is 15.4. The Morgan fingerprint density at radius 2 is 1.85 bits per heavy atom. The number of halogens is 1. The molecule has 0 aliphatic carbocycles. The largest absolute Gasteiger partial charge is 0.410 e. The lowest BCUT2D eigenvalue weighted by atomic mass is 9.98. The summed E-state index contributed by atoms with van der Waals surface area (Å²) in [5, 5.41) is 16.5. The van der Waals surface area contributed by atoms with E-state index in [2.05, 4.69) is 15.5 Å². The maximum atomic E-state index is 9.52. The molecular weight excluding hydrogens is 350 g/mol. The number of oxime groups is 1. The van der Waals surface area contributed by atoms with E-state index in [1.807, 2.05) is 37.3 Å². The molecular formula is C19H18ClN5O. The third kappa shape index (κ3) is 3.55. The fourth-order valence-electron chi connectivity index (χ4n) is 2.58. The van der Waals surface area contributed by atoms with Crippen LogP contribution in [0.4, 0.5) is 23.0 Å². The SMILES string of the molecule is Cc1ccccc1/C(=N/O)c1ccc(Nc2ccc(N)c(N)n2)cc1Cl. The van der Waals surface area contributed by atoms with Crippen molar-refractivity contribution in [2.75, 3.05) is 16.8 Å². The summed E-state index contributed by atoms with van der Waals surface area (Å²) in [6.07, 6.45) is 0. The second kappa shape index (κ2) is 7.33. The molecule has 0 saturated carbocycles. The topological polar surface area (TPSA) is 110 Å². The van der Waals surface area contributed by atoms with Gasteiger partial charge in [-0.05, 0) is 42.8 Å². The number of nitrogens with zero attached hydrogens (tertiary/aromatic N) is 2. The Kier molecular flexibility index (Phi) is 4.95. The summed E-state index contributed by atoms with van der Waals surface area (Å²) in [4.78, 5) is 4.17. The predicted molar refractivity (Wildman–Crippen MR) is 106 cm³/mol. The van der Waals surface area contributed by atoms with E-state index in [0.29, 0.717) is 27.8 Å². The fraction of sp³-hybridized carbons (Fsp3) is 0.0526. The standard InChI is InChI=1S/C19H18ClN5O/c1-11-4-2-3-5-13(11)18(25-26)14-7-6-12(10-15(14)20)23-17-9-8-16(21)19(22)24-17/h2-10,26H,21H2,1H3,(H3,22,23,24)/b25-18-. The second-order valence-corrected chi connectivity index (χ2v) is 6.16. The number of hydrogen-bond acceptors (Lipinski definition) is 6. The van der Waals surface area contributed by atoms with Gasteiger partial charge in [0.25, 0.3) is 0 Å². The van der Waals surface area contributed by atoms with Crippen molar-refractivity contribution < 1.29 is 5.21 Å². The van der Waals surface area contributed by atoms with Crippen LogP contribution in [0.1, 0.15) is 16.7 Å². The zero-order valence-corrected chi connectivity index (χ0v) is 14.8. The Balaban J connectivity index is 1.92. The van der Waals surface area contributed by atoms with Crippen LogP contribution in [0.5, 0.6) is 0 Å². The Morgan fingerprint density at radius 3 is 2.50 bits per heavy atom. The molecule has 0 atom stereocenters. The van der Waals surface area contributed by atoms with Crippen molar-refractivity contribution in [2.24, 2.45) is 5.16 Å². The summed E-state index contributed by atoms with van der Waals surface area (Å²) in [7, 11) is 0. The zero-order chi connectivity index (χ0) is 18.7. The van der Waals surface area contributed by atoms with E-state index in [-0.39, 0.29) is 5.82 Å². The van der Waals surface area contributed by atoms with Gasteiger partial charge in [-0.25, -0.2) is 4.98 Å². The first-order valence-corrected chi connectivity index (χ1v) is 8.24. The van der Waals surface area contributed by atoms with Crippen molar-refractivity contribution in [2.45, 2.75) is 6.92 Å². The molecule has 132 valence electrons.